The number of hydrogen-bond donors (Lipinski definition) is 1. The maximum atomic E-state index is 5.49. The molecule has 0 aromatic carbocycles. The molecule has 0 atom stereocenters. The maximum absolute atomic E-state index is 5.49. The van der Waals surface area contributed by atoms with Crippen LogP contribution in [0.3, 0.4) is 0 Å². The van der Waals surface area contributed by atoms with Crippen LogP contribution in [0.4, 0.5) is 0 Å². The predicted octanol–water partition coefficient (Wildman–Crippen LogP) is 9.59. The van der Waals surface area contributed by atoms with Crippen LogP contribution in [0.25, 0.3) is 0 Å². The topological polar surface area (TPSA) is 0 Å². The second kappa shape index (κ2) is 12.1. The number of rotatable bonds is 14. The molecule has 0 saturated heterocycles. The molecule has 0 aliphatic heterocycles. The van der Waals surface area contributed by atoms with Crippen LogP contribution in [0.2, 0.25) is 0 Å². The first-order valence-corrected chi connectivity index (χ1v) is 16.9. The van der Waals surface area contributed by atoms with Crippen LogP contribution < -0.4 is 0 Å². The quantitative estimate of drug-likeness (QED) is 0.168. The summed E-state index contributed by atoms with van der Waals surface area (Å²) in [6.07, 6.45) is 16.7. The molecule has 0 unspecified atom stereocenters. The van der Waals surface area contributed by atoms with Crippen molar-refractivity contribution in [3.63, 3.8) is 0 Å². The zero-order valence-electron chi connectivity index (χ0n) is 16.5. The molecule has 0 amide bonds. The van der Waals surface area contributed by atoms with Crippen molar-refractivity contribution in [2.45, 2.75) is 87.5 Å². The van der Waals surface area contributed by atoms with Crippen LogP contribution in [-0.2, 0) is 0 Å². The Morgan fingerprint density at radius 1 is 0.800 bits per heavy atom. The SMILES string of the molecule is CCCCP(CCCC)(CCCC)(CCCC)Sc1sc(=S)sc1S. The molecule has 0 aliphatic carbocycles. The van der Waals surface area contributed by atoms with Gasteiger partial charge in [0.1, 0.15) is 0 Å². The minimum absolute atomic E-state index is 1.04. The Bertz CT molecular complexity index is 505. The molecule has 25 heavy (non-hydrogen) atoms. The van der Waals surface area contributed by atoms with Crippen molar-refractivity contribution in [2.24, 2.45) is 0 Å². The van der Waals surface area contributed by atoms with E-state index in [2.05, 4.69) is 39.1 Å². The fourth-order valence-electron chi connectivity index (χ4n) is 3.64. The number of hydrogen-bond acceptors (Lipinski definition) is 5. The van der Waals surface area contributed by atoms with Gasteiger partial charge in [-0.25, -0.2) is 0 Å². The van der Waals surface area contributed by atoms with Crippen LogP contribution in [0.1, 0.15) is 79.1 Å². The molecule has 1 aromatic rings. The Labute approximate surface area is 179 Å². The predicted molar refractivity (Wildman–Crippen MR) is 132 cm³/mol. The summed E-state index contributed by atoms with van der Waals surface area (Å²) in [5.41, 5.74) is 0. The molecule has 0 N–H and O–H groups in total. The second-order valence-corrected chi connectivity index (χ2v) is 21.3. The van der Waals surface area contributed by atoms with Crippen LogP contribution in [0.15, 0.2) is 8.42 Å². The van der Waals surface area contributed by atoms with E-state index in [4.69, 9.17) is 24.8 Å². The van der Waals surface area contributed by atoms with E-state index < -0.39 is 5.81 Å². The van der Waals surface area contributed by atoms with Gasteiger partial charge in [-0.15, -0.1) is 0 Å². The Morgan fingerprint density at radius 3 is 1.48 bits per heavy atom. The van der Waals surface area contributed by atoms with E-state index in [9.17, 15) is 0 Å². The van der Waals surface area contributed by atoms with Crippen LogP contribution >= 0.6 is 64.7 Å². The van der Waals surface area contributed by atoms with E-state index in [-0.39, 0.29) is 0 Å². The molecule has 0 spiro atoms. The van der Waals surface area contributed by atoms with Gasteiger partial charge in [0.2, 0.25) is 0 Å². The van der Waals surface area contributed by atoms with Gasteiger partial charge in [-0.3, -0.25) is 0 Å². The molecule has 0 nitrogen and oxygen atoms in total. The van der Waals surface area contributed by atoms with E-state index in [0.29, 0.717) is 0 Å². The third-order valence-corrected chi connectivity index (χ3v) is 20.2. The Morgan fingerprint density at radius 2 is 1.20 bits per heavy atom. The van der Waals surface area contributed by atoms with E-state index >= 15 is 0 Å². The van der Waals surface area contributed by atoms with Gasteiger partial charge in [-0.05, 0) is 0 Å². The standard InChI is InChI=1S/C19H37PS5/c1-5-9-13-20(14-10-6-2,15-11-7-3,16-12-8-4)25-18-17(21)23-19(22)24-18/h21H,5-16H2,1-4H3. The van der Waals surface area contributed by atoms with E-state index in [1.807, 2.05) is 11.3 Å². The molecule has 1 aromatic heterocycles. The Hall–Kier alpha value is 1.40. The van der Waals surface area contributed by atoms with E-state index in [0.717, 1.165) is 3.14 Å². The molecular weight excluding hydrogens is 420 g/mol. The third kappa shape index (κ3) is 7.38. The van der Waals surface area contributed by atoms with Crippen molar-refractivity contribution >= 4 is 64.7 Å². The second-order valence-electron chi connectivity index (χ2n) is 7.30. The Kier molecular flexibility index (Phi) is 11.8. The third-order valence-electron chi connectivity index (χ3n) is 5.18. The molecular formula is C19H37PS5. The first kappa shape index (κ1) is 24.4. The molecule has 0 aliphatic rings. The summed E-state index contributed by atoms with van der Waals surface area (Å²) in [7, 11) is 0. The molecule has 6 heteroatoms. The number of thiol groups is 1. The van der Waals surface area contributed by atoms with Crippen molar-refractivity contribution < 1.29 is 0 Å². The van der Waals surface area contributed by atoms with Gasteiger partial charge in [0.25, 0.3) is 0 Å². The van der Waals surface area contributed by atoms with Crippen molar-refractivity contribution in [3.05, 3.63) is 3.14 Å². The van der Waals surface area contributed by atoms with Crippen LogP contribution in [0.5, 0.6) is 0 Å². The molecule has 1 rings (SSSR count). The molecule has 1 heterocycles. The van der Waals surface area contributed by atoms with Gasteiger partial charge in [0, 0.05) is 0 Å². The minimum atomic E-state index is -1.85. The molecule has 0 fully saturated rings. The van der Waals surface area contributed by atoms with E-state index in [1.165, 1.54) is 84.4 Å². The first-order valence-electron chi connectivity index (χ1n) is 9.97. The van der Waals surface area contributed by atoms with Gasteiger partial charge in [0.05, 0.1) is 0 Å². The molecule has 148 valence electrons. The number of unbranched alkanes of at least 4 members (excludes halogenated alkanes) is 4. The molecule has 0 saturated carbocycles. The fourth-order valence-corrected chi connectivity index (χ4v) is 21.1. The van der Waals surface area contributed by atoms with Gasteiger partial charge in [0.15, 0.2) is 0 Å². The summed E-state index contributed by atoms with van der Waals surface area (Å²) < 4.78 is 3.66. The summed E-state index contributed by atoms with van der Waals surface area (Å²) in [5, 5.41) is 0. The summed E-state index contributed by atoms with van der Waals surface area (Å²) >= 11 is 16.1. The zero-order chi connectivity index (χ0) is 18.8. The Balaban J connectivity index is 3.35. The average molecular weight is 457 g/mol. The molecule has 0 bridgehead atoms. The average Bonchev–Trinajstić information content (AvgIpc) is 2.92. The van der Waals surface area contributed by atoms with Crippen molar-refractivity contribution in [3.8, 4) is 0 Å². The molecule has 0 radical (unpaired) electrons. The van der Waals surface area contributed by atoms with Crippen molar-refractivity contribution in [2.75, 3.05) is 24.6 Å². The summed E-state index contributed by atoms with van der Waals surface area (Å²) in [4.78, 5) is 0. The van der Waals surface area contributed by atoms with Crippen LogP contribution in [0, 0.1) is 3.14 Å². The summed E-state index contributed by atoms with van der Waals surface area (Å²) in [6, 6.07) is 0. The normalized spacial score (nSPS) is 13.7. The zero-order valence-corrected chi connectivity index (χ0v) is 21.6. The van der Waals surface area contributed by atoms with Gasteiger partial charge in [-0.2, -0.15) is 0 Å². The monoisotopic (exact) mass is 456 g/mol. The van der Waals surface area contributed by atoms with Crippen molar-refractivity contribution in [1.29, 1.82) is 0 Å². The first-order chi connectivity index (χ1) is 11.9. The van der Waals surface area contributed by atoms with Crippen LogP contribution in [-0.4, -0.2) is 24.6 Å². The van der Waals surface area contributed by atoms with Crippen molar-refractivity contribution in [1.82, 2.24) is 0 Å². The van der Waals surface area contributed by atoms with Gasteiger partial charge in [-0.1, -0.05) is 0 Å². The van der Waals surface area contributed by atoms with Gasteiger partial charge < -0.3 is 0 Å². The fraction of sp³-hybridized carbons (Fsp3) is 0.842. The summed E-state index contributed by atoms with van der Waals surface area (Å²) in [6.45, 7) is 9.42. The summed E-state index contributed by atoms with van der Waals surface area (Å²) in [5.74, 6) is -1.85. The van der Waals surface area contributed by atoms with E-state index in [1.54, 1.807) is 11.3 Å². The van der Waals surface area contributed by atoms with Gasteiger partial charge >= 0.3 is 180 Å².